The van der Waals surface area contributed by atoms with Crippen LogP contribution in [0.25, 0.3) is 10.1 Å². The maximum Gasteiger partial charge on any atom is 0.326 e. The highest BCUT2D eigenvalue weighted by Crippen LogP contribution is 2.38. The molecule has 2 aromatic rings. The highest BCUT2D eigenvalue weighted by molar-refractivity contribution is 7.19. The second-order valence-electron chi connectivity index (χ2n) is 6.63. The zero-order valence-corrected chi connectivity index (χ0v) is 17.3. The van der Waals surface area contributed by atoms with Crippen molar-refractivity contribution < 1.29 is 29.0 Å². The lowest BCUT2D eigenvalue weighted by Crippen LogP contribution is -2.46. The van der Waals surface area contributed by atoms with Crippen LogP contribution in [0.5, 0.6) is 5.75 Å². The molecule has 0 saturated heterocycles. The van der Waals surface area contributed by atoms with E-state index in [-0.39, 0.29) is 17.2 Å². The number of Topliss-reactive ketones (excluding diaryl/α,β-unsaturated/α-hetero) is 1. The molecule has 9 heteroatoms. The molecular weight excluding hydrogens is 396 g/mol. The number of nitrogens with two attached hydrogens (primary N) is 1. The summed E-state index contributed by atoms with van der Waals surface area (Å²) in [4.78, 5) is 48.1. The molecule has 2 atom stereocenters. The lowest BCUT2D eigenvalue weighted by Gasteiger charge is -2.20. The summed E-state index contributed by atoms with van der Waals surface area (Å²) in [5, 5.41) is 12.2. The summed E-state index contributed by atoms with van der Waals surface area (Å²) >= 11 is 1.35. The summed E-state index contributed by atoms with van der Waals surface area (Å²) in [6.07, 6.45) is 1.12. The molecule has 1 aromatic heterocycles. The van der Waals surface area contributed by atoms with E-state index in [1.807, 2.05) is 13.8 Å². The Kier molecular flexibility index (Phi) is 7.33. The number of thiophene rings is 1. The van der Waals surface area contributed by atoms with Gasteiger partial charge in [-0.15, -0.1) is 11.3 Å². The van der Waals surface area contributed by atoms with Crippen LogP contribution < -0.4 is 15.8 Å². The minimum Gasteiger partial charge on any atom is -0.483 e. The molecule has 0 aliphatic heterocycles. The minimum absolute atomic E-state index is 0.194. The number of carbonyl (C=O) groups is 4. The van der Waals surface area contributed by atoms with Crippen molar-refractivity contribution in [3.05, 3.63) is 28.6 Å². The predicted octanol–water partition coefficient (Wildman–Crippen LogP) is 2.13. The van der Waals surface area contributed by atoms with Crippen LogP contribution in [-0.4, -0.2) is 41.3 Å². The van der Waals surface area contributed by atoms with Gasteiger partial charge >= 0.3 is 5.97 Å². The van der Waals surface area contributed by atoms with Crippen molar-refractivity contribution in [2.45, 2.75) is 39.7 Å². The van der Waals surface area contributed by atoms with E-state index in [4.69, 9.17) is 10.5 Å². The number of hydrogen-bond acceptors (Lipinski definition) is 6. The molecule has 0 aliphatic carbocycles. The van der Waals surface area contributed by atoms with Gasteiger partial charge in [-0.25, -0.2) is 4.79 Å². The van der Waals surface area contributed by atoms with E-state index in [1.54, 1.807) is 25.1 Å². The van der Waals surface area contributed by atoms with E-state index in [9.17, 15) is 24.3 Å². The van der Waals surface area contributed by atoms with Crippen molar-refractivity contribution in [3.63, 3.8) is 0 Å². The summed E-state index contributed by atoms with van der Waals surface area (Å²) in [7, 11) is 0. The van der Waals surface area contributed by atoms with E-state index >= 15 is 0 Å². The molecule has 2 amide bonds. The molecule has 0 bridgehead atoms. The van der Waals surface area contributed by atoms with Gasteiger partial charge in [0.15, 0.2) is 6.61 Å². The number of aryl methyl sites for hydroxylation is 1. The maximum absolute atomic E-state index is 12.4. The van der Waals surface area contributed by atoms with Crippen molar-refractivity contribution in [2.24, 2.45) is 11.7 Å². The summed E-state index contributed by atoms with van der Waals surface area (Å²) in [5.41, 5.74) is 5.39. The van der Waals surface area contributed by atoms with Gasteiger partial charge in [-0.1, -0.05) is 33.3 Å². The largest absolute Gasteiger partial charge is 0.483 e. The SMILES string of the molecule is CCc1sc2cccc(OCC(=O)N[C@H](C(=O)O)C(C)CC)c2c1C(=O)C(N)=O. The predicted molar refractivity (Wildman–Crippen MR) is 109 cm³/mol. The van der Waals surface area contributed by atoms with Crippen LogP contribution in [0.15, 0.2) is 18.2 Å². The highest BCUT2D eigenvalue weighted by atomic mass is 32.1. The quantitative estimate of drug-likeness (QED) is 0.398. The lowest BCUT2D eigenvalue weighted by molar-refractivity contribution is -0.143. The van der Waals surface area contributed by atoms with Gasteiger partial charge in [0, 0.05) is 15.0 Å². The molecule has 0 spiro atoms. The molecule has 8 nitrogen and oxygen atoms in total. The number of ketones is 1. The molecule has 0 aliphatic rings. The van der Waals surface area contributed by atoms with Crippen LogP contribution in [0.4, 0.5) is 0 Å². The number of benzene rings is 1. The molecule has 0 radical (unpaired) electrons. The Hall–Kier alpha value is -2.94. The van der Waals surface area contributed by atoms with Crippen molar-refractivity contribution in [1.82, 2.24) is 5.32 Å². The first kappa shape index (κ1) is 22.4. The van der Waals surface area contributed by atoms with Gasteiger partial charge in [0.25, 0.3) is 17.6 Å². The normalized spacial score (nSPS) is 12.9. The summed E-state index contributed by atoms with van der Waals surface area (Å²) in [6.45, 7) is 5.00. The van der Waals surface area contributed by atoms with Gasteiger partial charge in [-0.05, 0) is 24.5 Å². The lowest BCUT2D eigenvalue weighted by atomic mass is 9.99. The number of rotatable bonds is 10. The number of carboxylic acid groups (broad SMARTS) is 1. The fourth-order valence-corrected chi connectivity index (χ4v) is 4.10. The molecule has 1 unspecified atom stereocenters. The van der Waals surface area contributed by atoms with Crippen molar-refractivity contribution in [3.8, 4) is 5.75 Å². The van der Waals surface area contributed by atoms with Crippen LogP contribution in [0.1, 0.15) is 42.4 Å². The third-order valence-corrected chi connectivity index (χ3v) is 5.98. The number of nitrogens with one attached hydrogen (secondary N) is 1. The number of carbonyl (C=O) groups excluding carboxylic acids is 3. The first-order chi connectivity index (χ1) is 13.7. The Morgan fingerprint density at radius 3 is 2.48 bits per heavy atom. The molecule has 29 heavy (non-hydrogen) atoms. The van der Waals surface area contributed by atoms with Crippen LogP contribution in [0.3, 0.4) is 0 Å². The molecule has 156 valence electrons. The smallest absolute Gasteiger partial charge is 0.326 e. The fraction of sp³-hybridized carbons (Fsp3) is 0.400. The van der Waals surface area contributed by atoms with Gasteiger partial charge in [-0.2, -0.15) is 0 Å². The van der Waals surface area contributed by atoms with Crippen molar-refractivity contribution in [1.29, 1.82) is 0 Å². The number of hydrogen-bond donors (Lipinski definition) is 3. The number of ether oxygens (including phenoxy) is 1. The number of aliphatic carboxylic acids is 1. The van der Waals surface area contributed by atoms with E-state index in [1.165, 1.54) is 11.3 Å². The topological polar surface area (TPSA) is 136 Å². The minimum atomic E-state index is -1.12. The summed E-state index contributed by atoms with van der Waals surface area (Å²) < 4.78 is 6.33. The van der Waals surface area contributed by atoms with Gasteiger partial charge in [-0.3, -0.25) is 14.4 Å². The average molecular weight is 420 g/mol. The van der Waals surface area contributed by atoms with E-state index in [0.717, 1.165) is 4.70 Å². The number of fused-ring (bicyclic) bond motifs is 1. The Morgan fingerprint density at radius 1 is 1.24 bits per heavy atom. The van der Waals surface area contributed by atoms with Crippen LogP contribution >= 0.6 is 11.3 Å². The molecule has 4 N–H and O–H groups in total. The summed E-state index contributed by atoms with van der Waals surface area (Å²) in [5.74, 6) is -3.57. The van der Waals surface area contributed by atoms with Gasteiger partial charge in [0.1, 0.15) is 11.8 Å². The zero-order chi connectivity index (χ0) is 21.7. The number of primary amides is 1. The average Bonchev–Trinajstić information content (AvgIpc) is 3.08. The van der Waals surface area contributed by atoms with E-state index in [2.05, 4.69) is 5.32 Å². The van der Waals surface area contributed by atoms with Gasteiger partial charge in [0.2, 0.25) is 0 Å². The monoisotopic (exact) mass is 420 g/mol. The Balaban J connectivity index is 2.29. The number of carboxylic acids is 1. The maximum atomic E-state index is 12.4. The second kappa shape index (κ2) is 9.51. The fourth-order valence-electron chi connectivity index (χ4n) is 2.94. The van der Waals surface area contributed by atoms with Gasteiger partial charge < -0.3 is 20.9 Å². The molecule has 0 saturated carbocycles. The number of amides is 2. The van der Waals surface area contributed by atoms with Crippen molar-refractivity contribution in [2.75, 3.05) is 6.61 Å². The summed E-state index contributed by atoms with van der Waals surface area (Å²) in [6, 6.07) is 4.06. The standard InChI is InChI=1S/C20H24N2O6S/c1-4-10(3)17(20(26)27)22-14(23)9-28-11-7-6-8-13-15(11)16(12(5-2)29-13)18(24)19(21)25/h6-8,10,17H,4-5,9H2,1-3H3,(H2,21,25)(H,22,23)(H,26,27)/t10?,17-/m0/s1. The zero-order valence-electron chi connectivity index (χ0n) is 16.5. The van der Waals surface area contributed by atoms with E-state index in [0.29, 0.717) is 23.1 Å². The van der Waals surface area contributed by atoms with Crippen LogP contribution in [0, 0.1) is 5.92 Å². The highest BCUT2D eigenvalue weighted by Gasteiger charge is 2.27. The van der Waals surface area contributed by atoms with Crippen LogP contribution in [0.2, 0.25) is 0 Å². The van der Waals surface area contributed by atoms with Crippen molar-refractivity contribution >= 4 is 45.0 Å². The molecule has 1 heterocycles. The first-order valence-electron chi connectivity index (χ1n) is 9.24. The Morgan fingerprint density at radius 2 is 1.93 bits per heavy atom. The molecular formula is C20H24N2O6S. The molecule has 2 rings (SSSR count). The molecule has 1 aromatic carbocycles. The Labute approximate surface area is 172 Å². The molecule has 0 fully saturated rings. The second-order valence-corrected chi connectivity index (χ2v) is 7.77. The first-order valence-corrected chi connectivity index (χ1v) is 10.1. The third-order valence-electron chi connectivity index (χ3n) is 4.68. The van der Waals surface area contributed by atoms with Gasteiger partial charge in [0.05, 0.1) is 5.56 Å². The van der Waals surface area contributed by atoms with E-state index < -0.39 is 36.2 Å². The third kappa shape index (κ3) is 4.92. The van der Waals surface area contributed by atoms with Crippen LogP contribution in [-0.2, 0) is 20.8 Å². The Bertz CT molecular complexity index is 952.